The maximum atomic E-state index is 12.3. The lowest BCUT2D eigenvalue weighted by Gasteiger charge is -2.33. The molecule has 3 atom stereocenters. The van der Waals surface area contributed by atoms with Gasteiger partial charge in [0.2, 0.25) is 5.91 Å². The van der Waals surface area contributed by atoms with Gasteiger partial charge < -0.3 is 15.4 Å². The van der Waals surface area contributed by atoms with Crippen LogP contribution in [-0.4, -0.2) is 31.6 Å². The molecular formula is C18H27ClN2O2. The molecule has 3 rings (SSSR count). The highest BCUT2D eigenvalue weighted by Gasteiger charge is 2.28. The highest BCUT2D eigenvalue weighted by Crippen LogP contribution is 2.33. The topological polar surface area (TPSA) is 50.4 Å². The van der Waals surface area contributed by atoms with Gasteiger partial charge in [0.25, 0.3) is 0 Å². The van der Waals surface area contributed by atoms with Crippen LogP contribution in [0.4, 0.5) is 0 Å². The maximum absolute atomic E-state index is 12.3. The Bertz CT molecular complexity index is 477. The minimum Gasteiger partial charge on any atom is -0.373 e. The Balaban J connectivity index is 0.00000192. The van der Waals surface area contributed by atoms with Crippen LogP contribution in [0.2, 0.25) is 0 Å². The van der Waals surface area contributed by atoms with Crippen molar-refractivity contribution in [1.82, 2.24) is 10.6 Å². The SMILES string of the molecule is Cl.O=C(NCC1CCCOC1c1ccccc1)C1CCCCN1. The molecule has 0 spiro atoms. The number of halogens is 1. The zero-order valence-electron chi connectivity index (χ0n) is 13.5. The number of piperidine rings is 1. The van der Waals surface area contributed by atoms with E-state index in [0.29, 0.717) is 12.5 Å². The molecule has 0 radical (unpaired) electrons. The van der Waals surface area contributed by atoms with E-state index < -0.39 is 0 Å². The van der Waals surface area contributed by atoms with Gasteiger partial charge in [-0.1, -0.05) is 36.8 Å². The number of ether oxygens (including phenoxy) is 1. The third-order valence-electron chi connectivity index (χ3n) is 4.74. The van der Waals surface area contributed by atoms with Crippen molar-refractivity contribution in [2.45, 2.75) is 44.2 Å². The van der Waals surface area contributed by atoms with Crippen LogP contribution in [0.1, 0.15) is 43.8 Å². The first-order valence-corrected chi connectivity index (χ1v) is 8.52. The lowest BCUT2D eigenvalue weighted by atomic mass is 9.89. The average Bonchev–Trinajstić information content (AvgIpc) is 2.61. The van der Waals surface area contributed by atoms with Gasteiger partial charge >= 0.3 is 0 Å². The standard InChI is InChI=1S/C18H26N2O2.ClH/c21-18(16-10-4-5-11-19-16)20-13-15-9-6-12-22-17(15)14-7-2-1-3-8-14;/h1-3,7-8,15-17,19H,4-6,9-13H2,(H,20,21);1H. The van der Waals surface area contributed by atoms with Gasteiger partial charge in [0, 0.05) is 19.1 Å². The first-order valence-electron chi connectivity index (χ1n) is 8.52. The van der Waals surface area contributed by atoms with E-state index in [1.807, 2.05) is 6.07 Å². The molecule has 2 aliphatic rings. The number of hydrogen-bond acceptors (Lipinski definition) is 3. The van der Waals surface area contributed by atoms with E-state index >= 15 is 0 Å². The molecule has 2 fully saturated rings. The molecular weight excluding hydrogens is 312 g/mol. The van der Waals surface area contributed by atoms with Crippen molar-refractivity contribution in [3.8, 4) is 0 Å². The van der Waals surface area contributed by atoms with Crippen molar-refractivity contribution in [2.24, 2.45) is 5.92 Å². The maximum Gasteiger partial charge on any atom is 0.237 e. The monoisotopic (exact) mass is 338 g/mol. The quantitative estimate of drug-likeness (QED) is 0.887. The van der Waals surface area contributed by atoms with E-state index in [-0.39, 0.29) is 30.5 Å². The Morgan fingerprint density at radius 3 is 2.74 bits per heavy atom. The second-order valence-corrected chi connectivity index (χ2v) is 6.35. The van der Waals surface area contributed by atoms with E-state index in [4.69, 9.17) is 4.74 Å². The molecule has 0 aromatic heterocycles. The predicted octanol–water partition coefficient (Wildman–Crippen LogP) is 2.83. The molecule has 2 saturated heterocycles. The molecule has 1 aromatic carbocycles. The molecule has 1 amide bonds. The second kappa shape index (κ2) is 9.26. The highest BCUT2D eigenvalue weighted by atomic mass is 35.5. The van der Waals surface area contributed by atoms with Gasteiger partial charge in [-0.25, -0.2) is 0 Å². The van der Waals surface area contributed by atoms with Gasteiger partial charge in [0.1, 0.15) is 0 Å². The molecule has 4 nitrogen and oxygen atoms in total. The summed E-state index contributed by atoms with van der Waals surface area (Å²) in [5.74, 6) is 0.515. The number of benzene rings is 1. The van der Waals surface area contributed by atoms with Crippen LogP contribution in [0, 0.1) is 5.92 Å². The number of carbonyl (C=O) groups is 1. The largest absolute Gasteiger partial charge is 0.373 e. The summed E-state index contributed by atoms with van der Waals surface area (Å²) in [6, 6.07) is 10.4. The smallest absolute Gasteiger partial charge is 0.237 e. The van der Waals surface area contributed by atoms with Gasteiger partial charge in [-0.05, 0) is 37.8 Å². The molecule has 5 heteroatoms. The Kier molecular flexibility index (Phi) is 7.34. The summed E-state index contributed by atoms with van der Waals surface area (Å²) < 4.78 is 5.99. The summed E-state index contributed by atoms with van der Waals surface area (Å²) in [5.41, 5.74) is 1.22. The Morgan fingerprint density at radius 2 is 2.00 bits per heavy atom. The van der Waals surface area contributed by atoms with E-state index in [9.17, 15) is 4.79 Å². The lowest BCUT2D eigenvalue weighted by molar-refractivity contribution is -0.124. The molecule has 23 heavy (non-hydrogen) atoms. The van der Waals surface area contributed by atoms with Crippen molar-refractivity contribution >= 4 is 18.3 Å². The highest BCUT2D eigenvalue weighted by molar-refractivity contribution is 5.85. The Hall–Kier alpha value is -1.10. The first-order chi connectivity index (χ1) is 10.8. The normalized spacial score (nSPS) is 27.7. The number of nitrogens with one attached hydrogen (secondary N) is 2. The van der Waals surface area contributed by atoms with Crippen LogP contribution in [0.3, 0.4) is 0 Å². The second-order valence-electron chi connectivity index (χ2n) is 6.35. The van der Waals surface area contributed by atoms with E-state index in [1.54, 1.807) is 0 Å². The molecule has 0 saturated carbocycles. The van der Waals surface area contributed by atoms with Gasteiger partial charge in [-0.2, -0.15) is 0 Å². The number of carbonyl (C=O) groups excluding carboxylic acids is 1. The molecule has 128 valence electrons. The lowest BCUT2D eigenvalue weighted by Crippen LogP contribution is -2.48. The third kappa shape index (κ3) is 4.93. The summed E-state index contributed by atoms with van der Waals surface area (Å²) in [7, 11) is 0. The molecule has 0 bridgehead atoms. The minimum absolute atomic E-state index is 0. The first kappa shape index (κ1) is 18.2. The molecule has 1 aromatic rings. The van der Waals surface area contributed by atoms with Crippen LogP contribution in [0.5, 0.6) is 0 Å². The van der Waals surface area contributed by atoms with Crippen molar-refractivity contribution in [3.63, 3.8) is 0 Å². The van der Waals surface area contributed by atoms with Crippen molar-refractivity contribution < 1.29 is 9.53 Å². The summed E-state index contributed by atoms with van der Waals surface area (Å²) in [5, 5.41) is 6.45. The van der Waals surface area contributed by atoms with Crippen LogP contribution in [-0.2, 0) is 9.53 Å². The average molecular weight is 339 g/mol. The van der Waals surface area contributed by atoms with Gasteiger partial charge in [-0.15, -0.1) is 12.4 Å². The summed E-state index contributed by atoms with van der Waals surface area (Å²) in [6.45, 7) is 2.47. The fourth-order valence-corrected chi connectivity index (χ4v) is 3.49. The Labute approximate surface area is 144 Å². The molecule has 2 aliphatic heterocycles. The van der Waals surface area contributed by atoms with Crippen molar-refractivity contribution in [3.05, 3.63) is 35.9 Å². The van der Waals surface area contributed by atoms with Crippen LogP contribution < -0.4 is 10.6 Å². The third-order valence-corrected chi connectivity index (χ3v) is 4.74. The Morgan fingerprint density at radius 1 is 1.17 bits per heavy atom. The fourth-order valence-electron chi connectivity index (χ4n) is 3.49. The number of rotatable bonds is 4. The molecule has 3 unspecified atom stereocenters. The van der Waals surface area contributed by atoms with Crippen molar-refractivity contribution in [2.75, 3.05) is 19.7 Å². The van der Waals surface area contributed by atoms with E-state index in [0.717, 1.165) is 38.8 Å². The van der Waals surface area contributed by atoms with E-state index in [1.165, 1.54) is 12.0 Å². The minimum atomic E-state index is -0.00608. The number of amides is 1. The van der Waals surface area contributed by atoms with Crippen LogP contribution in [0.15, 0.2) is 30.3 Å². The number of hydrogen-bond donors (Lipinski definition) is 2. The van der Waals surface area contributed by atoms with Gasteiger partial charge in [0.15, 0.2) is 0 Å². The summed E-state index contributed by atoms with van der Waals surface area (Å²) in [4.78, 5) is 12.3. The summed E-state index contributed by atoms with van der Waals surface area (Å²) >= 11 is 0. The molecule has 2 heterocycles. The molecule has 2 N–H and O–H groups in total. The fraction of sp³-hybridized carbons (Fsp3) is 0.611. The molecule has 0 aliphatic carbocycles. The predicted molar refractivity (Wildman–Crippen MR) is 93.8 cm³/mol. The zero-order chi connectivity index (χ0) is 15.2. The van der Waals surface area contributed by atoms with E-state index in [2.05, 4.69) is 34.9 Å². The van der Waals surface area contributed by atoms with Gasteiger partial charge in [-0.3, -0.25) is 4.79 Å². The van der Waals surface area contributed by atoms with Crippen LogP contribution in [0.25, 0.3) is 0 Å². The summed E-state index contributed by atoms with van der Waals surface area (Å²) in [6.07, 6.45) is 5.56. The van der Waals surface area contributed by atoms with Gasteiger partial charge in [0.05, 0.1) is 12.1 Å². The zero-order valence-corrected chi connectivity index (χ0v) is 14.3. The van der Waals surface area contributed by atoms with Crippen LogP contribution >= 0.6 is 12.4 Å². The van der Waals surface area contributed by atoms with Crippen molar-refractivity contribution in [1.29, 1.82) is 0 Å².